The van der Waals surface area contributed by atoms with Gasteiger partial charge in [0.1, 0.15) is 5.82 Å². The number of hydrogen-bond acceptors (Lipinski definition) is 2. The van der Waals surface area contributed by atoms with Gasteiger partial charge in [-0.05, 0) is 68.9 Å². The molecule has 1 aromatic rings. The molecule has 2 atom stereocenters. The Kier molecular flexibility index (Phi) is 3.85. The van der Waals surface area contributed by atoms with Gasteiger partial charge in [-0.25, -0.2) is 4.39 Å². The summed E-state index contributed by atoms with van der Waals surface area (Å²) in [5.41, 5.74) is 1.25. The van der Waals surface area contributed by atoms with Crippen LogP contribution in [0.2, 0.25) is 0 Å². The SMILES string of the molecule is CN1CCC(CNC(c2ccc(F)cc2)C2CC2)C1. The Balaban J connectivity index is 1.60. The molecule has 1 heterocycles. The number of benzene rings is 1. The summed E-state index contributed by atoms with van der Waals surface area (Å²) in [5.74, 6) is 1.38. The van der Waals surface area contributed by atoms with E-state index in [1.165, 1.54) is 37.9 Å². The first-order chi connectivity index (χ1) is 9.22. The van der Waals surface area contributed by atoms with E-state index in [0.717, 1.165) is 18.4 Å². The Hall–Kier alpha value is -0.930. The summed E-state index contributed by atoms with van der Waals surface area (Å²) in [5, 5.41) is 3.73. The molecular weight excluding hydrogens is 239 g/mol. The summed E-state index contributed by atoms with van der Waals surface area (Å²) >= 11 is 0. The Labute approximate surface area is 115 Å². The van der Waals surface area contributed by atoms with Crippen LogP contribution < -0.4 is 5.32 Å². The highest BCUT2D eigenvalue weighted by Gasteiger charge is 2.32. The average Bonchev–Trinajstić information content (AvgIpc) is 3.15. The standard InChI is InChI=1S/C16H23FN2/c1-19-9-8-12(11-19)10-18-16(13-2-3-13)14-4-6-15(17)7-5-14/h4-7,12-13,16,18H,2-3,8-11H2,1H3. The fourth-order valence-corrected chi connectivity index (χ4v) is 3.14. The van der Waals surface area contributed by atoms with E-state index in [-0.39, 0.29) is 5.82 Å². The molecule has 3 rings (SSSR count). The van der Waals surface area contributed by atoms with Gasteiger partial charge < -0.3 is 10.2 Å². The number of hydrogen-bond donors (Lipinski definition) is 1. The Morgan fingerprint density at radius 3 is 2.58 bits per heavy atom. The largest absolute Gasteiger partial charge is 0.309 e. The van der Waals surface area contributed by atoms with Crippen LogP contribution in [0, 0.1) is 17.7 Å². The molecule has 0 amide bonds. The summed E-state index contributed by atoms with van der Waals surface area (Å²) in [6.45, 7) is 3.51. The van der Waals surface area contributed by atoms with Crippen molar-refractivity contribution in [1.29, 1.82) is 0 Å². The summed E-state index contributed by atoms with van der Waals surface area (Å²) in [7, 11) is 2.19. The summed E-state index contributed by atoms with van der Waals surface area (Å²) in [6, 6.07) is 7.45. The molecule has 1 aromatic carbocycles. The van der Waals surface area contributed by atoms with E-state index in [0.29, 0.717) is 6.04 Å². The number of nitrogens with one attached hydrogen (secondary N) is 1. The first-order valence-corrected chi connectivity index (χ1v) is 7.40. The van der Waals surface area contributed by atoms with Gasteiger partial charge in [-0.3, -0.25) is 0 Å². The molecule has 2 nitrogen and oxygen atoms in total. The van der Waals surface area contributed by atoms with Crippen molar-refractivity contribution >= 4 is 0 Å². The molecule has 1 N–H and O–H groups in total. The Morgan fingerprint density at radius 2 is 2.00 bits per heavy atom. The van der Waals surface area contributed by atoms with E-state index in [9.17, 15) is 4.39 Å². The van der Waals surface area contributed by atoms with Crippen molar-refractivity contribution < 1.29 is 4.39 Å². The van der Waals surface area contributed by atoms with Crippen molar-refractivity contribution in [2.24, 2.45) is 11.8 Å². The molecular formula is C16H23FN2. The topological polar surface area (TPSA) is 15.3 Å². The Morgan fingerprint density at radius 1 is 1.26 bits per heavy atom. The van der Waals surface area contributed by atoms with E-state index >= 15 is 0 Å². The molecule has 19 heavy (non-hydrogen) atoms. The van der Waals surface area contributed by atoms with Gasteiger partial charge in [0.05, 0.1) is 0 Å². The predicted molar refractivity (Wildman–Crippen MR) is 75.5 cm³/mol. The van der Waals surface area contributed by atoms with Gasteiger partial charge in [0.25, 0.3) is 0 Å². The molecule has 0 radical (unpaired) electrons. The van der Waals surface area contributed by atoms with E-state index in [4.69, 9.17) is 0 Å². The van der Waals surface area contributed by atoms with Crippen molar-refractivity contribution in [3.8, 4) is 0 Å². The first-order valence-electron chi connectivity index (χ1n) is 7.40. The fourth-order valence-electron chi connectivity index (χ4n) is 3.14. The van der Waals surface area contributed by atoms with E-state index in [1.54, 1.807) is 12.1 Å². The Bertz CT molecular complexity index is 413. The van der Waals surface area contributed by atoms with Crippen LogP contribution in [-0.4, -0.2) is 31.6 Å². The van der Waals surface area contributed by atoms with Gasteiger partial charge in [-0.2, -0.15) is 0 Å². The van der Waals surface area contributed by atoms with Crippen LogP contribution in [0.25, 0.3) is 0 Å². The zero-order chi connectivity index (χ0) is 13.2. The minimum atomic E-state index is -0.143. The number of likely N-dealkylation sites (tertiary alicyclic amines) is 1. The van der Waals surface area contributed by atoms with Gasteiger partial charge in [-0.1, -0.05) is 12.1 Å². The zero-order valence-corrected chi connectivity index (χ0v) is 11.6. The monoisotopic (exact) mass is 262 g/mol. The molecule has 0 aromatic heterocycles. The average molecular weight is 262 g/mol. The van der Waals surface area contributed by atoms with Crippen molar-refractivity contribution in [3.63, 3.8) is 0 Å². The third-order valence-corrected chi connectivity index (χ3v) is 4.44. The van der Waals surface area contributed by atoms with Gasteiger partial charge >= 0.3 is 0 Å². The lowest BCUT2D eigenvalue weighted by Crippen LogP contribution is -2.30. The van der Waals surface area contributed by atoms with Crippen LogP contribution >= 0.6 is 0 Å². The normalized spacial score (nSPS) is 25.7. The maximum absolute atomic E-state index is 13.0. The maximum atomic E-state index is 13.0. The van der Waals surface area contributed by atoms with Crippen LogP contribution in [0.4, 0.5) is 4.39 Å². The summed E-state index contributed by atoms with van der Waals surface area (Å²) in [4.78, 5) is 2.40. The molecule has 1 aliphatic carbocycles. The highest BCUT2D eigenvalue weighted by molar-refractivity contribution is 5.22. The minimum absolute atomic E-state index is 0.143. The molecule has 3 heteroatoms. The maximum Gasteiger partial charge on any atom is 0.123 e. The van der Waals surface area contributed by atoms with Crippen molar-refractivity contribution in [1.82, 2.24) is 10.2 Å². The highest BCUT2D eigenvalue weighted by Crippen LogP contribution is 2.41. The third-order valence-electron chi connectivity index (χ3n) is 4.44. The molecule has 1 saturated carbocycles. The summed E-state index contributed by atoms with van der Waals surface area (Å²) < 4.78 is 13.0. The second-order valence-electron chi connectivity index (χ2n) is 6.19. The van der Waals surface area contributed by atoms with E-state index in [2.05, 4.69) is 17.3 Å². The van der Waals surface area contributed by atoms with E-state index in [1.807, 2.05) is 12.1 Å². The van der Waals surface area contributed by atoms with Crippen LogP contribution in [0.15, 0.2) is 24.3 Å². The van der Waals surface area contributed by atoms with Gasteiger partial charge in [0, 0.05) is 12.6 Å². The summed E-state index contributed by atoms with van der Waals surface area (Å²) in [6.07, 6.45) is 3.91. The molecule has 1 aliphatic heterocycles. The second-order valence-corrected chi connectivity index (χ2v) is 6.19. The molecule has 0 bridgehead atoms. The molecule has 2 unspecified atom stereocenters. The molecule has 104 valence electrons. The highest BCUT2D eigenvalue weighted by atomic mass is 19.1. The quantitative estimate of drug-likeness (QED) is 0.878. The van der Waals surface area contributed by atoms with Gasteiger partial charge in [0.15, 0.2) is 0 Å². The molecule has 1 saturated heterocycles. The van der Waals surface area contributed by atoms with Crippen molar-refractivity contribution in [3.05, 3.63) is 35.6 Å². The minimum Gasteiger partial charge on any atom is -0.309 e. The number of halogens is 1. The second kappa shape index (κ2) is 5.59. The third kappa shape index (κ3) is 3.34. The van der Waals surface area contributed by atoms with Crippen LogP contribution in [-0.2, 0) is 0 Å². The van der Waals surface area contributed by atoms with Crippen LogP contribution in [0.1, 0.15) is 30.9 Å². The molecule has 2 aliphatic rings. The lowest BCUT2D eigenvalue weighted by Gasteiger charge is -2.21. The molecule has 2 fully saturated rings. The van der Waals surface area contributed by atoms with Crippen LogP contribution in [0.5, 0.6) is 0 Å². The van der Waals surface area contributed by atoms with E-state index < -0.39 is 0 Å². The van der Waals surface area contributed by atoms with Gasteiger partial charge in [-0.15, -0.1) is 0 Å². The van der Waals surface area contributed by atoms with Crippen molar-refractivity contribution in [2.75, 3.05) is 26.7 Å². The lowest BCUT2D eigenvalue weighted by molar-refractivity contribution is 0.371. The lowest BCUT2D eigenvalue weighted by atomic mass is 10.0. The number of rotatable bonds is 5. The smallest absolute Gasteiger partial charge is 0.123 e. The number of nitrogens with zero attached hydrogens (tertiary/aromatic N) is 1. The van der Waals surface area contributed by atoms with Crippen LogP contribution in [0.3, 0.4) is 0 Å². The first kappa shape index (κ1) is 13.1. The van der Waals surface area contributed by atoms with Crippen molar-refractivity contribution in [2.45, 2.75) is 25.3 Å². The fraction of sp³-hybridized carbons (Fsp3) is 0.625. The predicted octanol–water partition coefficient (Wildman–Crippen LogP) is 2.82. The zero-order valence-electron chi connectivity index (χ0n) is 11.6. The molecule has 0 spiro atoms. The van der Waals surface area contributed by atoms with Gasteiger partial charge in [0.2, 0.25) is 0 Å².